The summed E-state index contributed by atoms with van der Waals surface area (Å²) in [4.78, 5) is 18.1. The number of hydrogen-bond acceptors (Lipinski definition) is 3. The van der Waals surface area contributed by atoms with E-state index in [1.807, 2.05) is 72.8 Å². The van der Waals surface area contributed by atoms with Gasteiger partial charge in [0.15, 0.2) is 0 Å². The topological polar surface area (TPSA) is 44.1 Å². The maximum Gasteiger partial charge on any atom is 0.261 e. The van der Waals surface area contributed by atoms with Crippen molar-refractivity contribution >= 4 is 33.3 Å². The van der Waals surface area contributed by atoms with E-state index in [0.717, 1.165) is 42.4 Å². The fourth-order valence-electron chi connectivity index (χ4n) is 4.42. The smallest absolute Gasteiger partial charge is 0.261 e. The summed E-state index contributed by atoms with van der Waals surface area (Å²) in [6.07, 6.45) is 3.92. The van der Waals surface area contributed by atoms with Gasteiger partial charge in [0.2, 0.25) is 0 Å². The van der Waals surface area contributed by atoms with Crippen molar-refractivity contribution in [1.82, 2.24) is 9.55 Å². The van der Waals surface area contributed by atoms with Crippen molar-refractivity contribution in [2.45, 2.75) is 32.2 Å². The van der Waals surface area contributed by atoms with Crippen LogP contribution < -0.4 is 10.3 Å². The molecular weight excluding hydrogens is 456 g/mol. The Labute approximate surface area is 209 Å². The van der Waals surface area contributed by atoms with Gasteiger partial charge in [0.05, 0.1) is 17.5 Å². The number of unbranched alkanes of at least 4 members (excludes halogenated alkanes) is 3. The van der Waals surface area contributed by atoms with Crippen LogP contribution in [0.4, 0.5) is 0 Å². The van der Waals surface area contributed by atoms with Crippen LogP contribution in [0, 0.1) is 0 Å². The molecule has 1 heterocycles. The van der Waals surface area contributed by atoms with Crippen molar-refractivity contribution in [3.05, 3.63) is 106 Å². The molecule has 0 N–H and O–H groups in total. The van der Waals surface area contributed by atoms with Gasteiger partial charge in [-0.15, -0.1) is 0 Å². The molecule has 0 amide bonds. The zero-order chi connectivity index (χ0) is 24.0. The Morgan fingerprint density at radius 1 is 0.743 bits per heavy atom. The van der Waals surface area contributed by atoms with Gasteiger partial charge >= 0.3 is 0 Å². The minimum atomic E-state index is -0.000149. The predicted octanol–water partition coefficient (Wildman–Crippen LogP) is 7.51. The summed E-state index contributed by atoms with van der Waals surface area (Å²) in [6.45, 7) is 1.31. The Bertz CT molecular complexity index is 1500. The highest BCUT2D eigenvalue weighted by molar-refractivity contribution is 6.30. The normalized spacial score (nSPS) is 11.2. The van der Waals surface area contributed by atoms with E-state index < -0.39 is 0 Å². The summed E-state index contributed by atoms with van der Waals surface area (Å²) in [7, 11) is 0. The lowest BCUT2D eigenvalue weighted by molar-refractivity contribution is 0.307. The second-order valence-electron chi connectivity index (χ2n) is 8.66. The first-order valence-electron chi connectivity index (χ1n) is 12.1. The first-order chi connectivity index (χ1) is 17.2. The molecule has 0 aliphatic rings. The van der Waals surface area contributed by atoms with Crippen LogP contribution in [-0.2, 0) is 6.54 Å². The van der Waals surface area contributed by atoms with Crippen molar-refractivity contribution < 1.29 is 4.74 Å². The van der Waals surface area contributed by atoms with Gasteiger partial charge in [-0.1, -0.05) is 73.0 Å². The standard InChI is InChI=1S/C30H27ClN2O2/c31-24-18-16-23(17-19-24)29-32-27-14-6-5-13-26(27)30(34)33(29)20-7-1-2-8-21-35-28-15-9-11-22-10-3-4-12-25(22)28/h3-6,9-19H,1-2,7-8,20-21H2. The van der Waals surface area contributed by atoms with Gasteiger partial charge in [-0.2, -0.15) is 0 Å². The fraction of sp³-hybridized carbons (Fsp3) is 0.200. The van der Waals surface area contributed by atoms with E-state index in [-0.39, 0.29) is 5.56 Å². The quantitative estimate of drug-likeness (QED) is 0.204. The maximum absolute atomic E-state index is 13.3. The zero-order valence-electron chi connectivity index (χ0n) is 19.5. The van der Waals surface area contributed by atoms with Crippen LogP contribution in [0.5, 0.6) is 5.75 Å². The van der Waals surface area contributed by atoms with Crippen LogP contribution in [0.25, 0.3) is 33.1 Å². The third-order valence-electron chi connectivity index (χ3n) is 6.25. The first kappa shape index (κ1) is 23.1. The molecule has 0 radical (unpaired) electrons. The molecule has 0 fully saturated rings. The molecule has 176 valence electrons. The SMILES string of the molecule is O=c1c2ccccc2nc(-c2ccc(Cl)cc2)n1CCCCCCOc1cccc2ccccc12. The number of nitrogens with zero attached hydrogens (tertiary/aromatic N) is 2. The molecule has 0 saturated carbocycles. The summed E-state index contributed by atoms with van der Waals surface area (Å²) in [6, 6.07) is 29.5. The van der Waals surface area contributed by atoms with Crippen LogP contribution in [0.1, 0.15) is 25.7 Å². The van der Waals surface area contributed by atoms with Gasteiger partial charge in [-0.25, -0.2) is 4.98 Å². The van der Waals surface area contributed by atoms with Gasteiger partial charge < -0.3 is 4.74 Å². The molecule has 1 aromatic heterocycles. The molecule has 35 heavy (non-hydrogen) atoms. The fourth-order valence-corrected chi connectivity index (χ4v) is 4.55. The minimum absolute atomic E-state index is 0.000149. The molecule has 4 nitrogen and oxygen atoms in total. The summed E-state index contributed by atoms with van der Waals surface area (Å²) in [5, 5.41) is 3.65. The summed E-state index contributed by atoms with van der Waals surface area (Å²) in [5.74, 6) is 1.62. The van der Waals surface area contributed by atoms with E-state index in [1.165, 1.54) is 5.39 Å². The highest BCUT2D eigenvalue weighted by atomic mass is 35.5. The monoisotopic (exact) mass is 482 g/mol. The van der Waals surface area contributed by atoms with Crippen molar-refractivity contribution in [2.75, 3.05) is 6.61 Å². The van der Waals surface area contributed by atoms with Crippen molar-refractivity contribution in [1.29, 1.82) is 0 Å². The zero-order valence-corrected chi connectivity index (χ0v) is 20.2. The lowest BCUT2D eigenvalue weighted by Gasteiger charge is -2.14. The lowest BCUT2D eigenvalue weighted by Crippen LogP contribution is -2.23. The molecule has 0 spiro atoms. The van der Waals surface area contributed by atoms with Crippen LogP contribution in [0.3, 0.4) is 0 Å². The molecule has 5 rings (SSSR count). The van der Waals surface area contributed by atoms with Crippen LogP contribution >= 0.6 is 11.6 Å². The Kier molecular flexibility index (Phi) is 7.10. The number of hydrogen-bond donors (Lipinski definition) is 0. The summed E-state index contributed by atoms with van der Waals surface area (Å²) >= 11 is 6.08. The van der Waals surface area contributed by atoms with Crippen LogP contribution in [-0.4, -0.2) is 16.2 Å². The molecule has 5 heteroatoms. The third kappa shape index (κ3) is 5.23. The average molecular weight is 483 g/mol. The Hall–Kier alpha value is -3.63. The van der Waals surface area contributed by atoms with Gasteiger partial charge in [-0.05, 0) is 60.7 Å². The highest BCUT2D eigenvalue weighted by Gasteiger charge is 2.12. The predicted molar refractivity (Wildman–Crippen MR) is 144 cm³/mol. The molecular formula is C30H27ClN2O2. The number of benzene rings is 4. The van der Waals surface area contributed by atoms with Gasteiger partial charge in [-0.3, -0.25) is 9.36 Å². The third-order valence-corrected chi connectivity index (χ3v) is 6.50. The molecule has 0 atom stereocenters. The van der Waals surface area contributed by atoms with Crippen molar-refractivity contribution in [3.63, 3.8) is 0 Å². The van der Waals surface area contributed by atoms with E-state index in [1.54, 1.807) is 4.57 Å². The van der Waals surface area contributed by atoms with Gasteiger partial charge in [0.25, 0.3) is 5.56 Å². The maximum atomic E-state index is 13.3. The van der Waals surface area contributed by atoms with E-state index in [0.29, 0.717) is 34.9 Å². The first-order valence-corrected chi connectivity index (χ1v) is 12.4. The van der Waals surface area contributed by atoms with E-state index in [9.17, 15) is 4.79 Å². The molecule has 4 aromatic carbocycles. The van der Waals surface area contributed by atoms with Crippen molar-refractivity contribution in [3.8, 4) is 17.1 Å². The van der Waals surface area contributed by atoms with E-state index in [2.05, 4.69) is 18.2 Å². The van der Waals surface area contributed by atoms with E-state index >= 15 is 0 Å². The number of aromatic nitrogens is 2. The average Bonchev–Trinajstić information content (AvgIpc) is 2.89. The molecule has 0 unspecified atom stereocenters. The Morgan fingerprint density at radius 3 is 2.31 bits per heavy atom. The van der Waals surface area contributed by atoms with Crippen molar-refractivity contribution in [2.24, 2.45) is 0 Å². The number of fused-ring (bicyclic) bond motifs is 2. The second-order valence-corrected chi connectivity index (χ2v) is 9.09. The van der Waals surface area contributed by atoms with Gasteiger partial charge in [0, 0.05) is 22.5 Å². The number of halogens is 1. The second kappa shape index (κ2) is 10.7. The number of rotatable bonds is 9. The molecule has 5 aromatic rings. The minimum Gasteiger partial charge on any atom is -0.493 e. The largest absolute Gasteiger partial charge is 0.493 e. The number of para-hydroxylation sites is 1. The molecule has 0 saturated heterocycles. The Balaban J connectivity index is 1.22. The van der Waals surface area contributed by atoms with Crippen LogP contribution in [0.15, 0.2) is 95.8 Å². The molecule has 0 aliphatic carbocycles. The Morgan fingerprint density at radius 2 is 1.46 bits per heavy atom. The highest BCUT2D eigenvalue weighted by Crippen LogP contribution is 2.25. The summed E-state index contributed by atoms with van der Waals surface area (Å²) < 4.78 is 7.87. The van der Waals surface area contributed by atoms with Crippen LogP contribution in [0.2, 0.25) is 5.02 Å². The van der Waals surface area contributed by atoms with E-state index in [4.69, 9.17) is 21.3 Å². The molecule has 0 bridgehead atoms. The summed E-state index contributed by atoms with van der Waals surface area (Å²) in [5.41, 5.74) is 1.60. The lowest BCUT2D eigenvalue weighted by atomic mass is 10.1. The van der Waals surface area contributed by atoms with Gasteiger partial charge in [0.1, 0.15) is 11.6 Å². The number of ether oxygens (including phenoxy) is 1. The molecule has 0 aliphatic heterocycles.